The molecule has 0 saturated carbocycles. The average Bonchev–Trinajstić information content (AvgIpc) is 3.14. The molecule has 1 fully saturated rings. The van der Waals surface area contributed by atoms with E-state index in [1.807, 2.05) is 37.6 Å². The third-order valence-corrected chi connectivity index (χ3v) is 5.49. The fourth-order valence-corrected chi connectivity index (χ4v) is 3.72. The van der Waals surface area contributed by atoms with Gasteiger partial charge in [0.2, 0.25) is 11.9 Å². The summed E-state index contributed by atoms with van der Waals surface area (Å²) in [6.07, 6.45) is 7.31. The molecule has 1 aliphatic heterocycles. The molecular weight excluding hydrogens is 352 g/mol. The Balaban J connectivity index is 1.49. The number of piperidine rings is 1. The van der Waals surface area contributed by atoms with Gasteiger partial charge in [0.25, 0.3) is 0 Å². The van der Waals surface area contributed by atoms with E-state index in [4.69, 9.17) is 0 Å². The highest BCUT2D eigenvalue weighted by Crippen LogP contribution is 2.24. The number of nitrogens with one attached hydrogen (secondary N) is 1. The van der Waals surface area contributed by atoms with Gasteiger partial charge in [-0.2, -0.15) is 5.10 Å². The van der Waals surface area contributed by atoms with Crippen LogP contribution in [0.25, 0.3) is 22.0 Å². The topological polar surface area (TPSA) is 75.9 Å². The van der Waals surface area contributed by atoms with E-state index in [-0.39, 0.29) is 11.8 Å². The number of carbonyl (C=O) groups is 1. The third kappa shape index (κ3) is 3.89. The molecule has 3 aromatic rings. The van der Waals surface area contributed by atoms with Gasteiger partial charge in [0, 0.05) is 42.4 Å². The maximum atomic E-state index is 12.7. The summed E-state index contributed by atoms with van der Waals surface area (Å²) in [6.45, 7) is 6.32. The van der Waals surface area contributed by atoms with E-state index < -0.39 is 0 Å². The van der Waals surface area contributed by atoms with Crippen LogP contribution in [0.5, 0.6) is 0 Å². The first kappa shape index (κ1) is 18.6. The van der Waals surface area contributed by atoms with Gasteiger partial charge in [0.15, 0.2) is 0 Å². The molecule has 0 atom stereocenters. The van der Waals surface area contributed by atoms with Crippen molar-refractivity contribution in [2.45, 2.75) is 32.7 Å². The number of likely N-dealkylation sites (tertiary alicyclic amines) is 1. The minimum Gasteiger partial charge on any atom is -0.301 e. The molecule has 1 aromatic carbocycles. The van der Waals surface area contributed by atoms with Gasteiger partial charge in [-0.1, -0.05) is 12.1 Å². The number of hydrogen-bond acceptors (Lipinski definition) is 5. The van der Waals surface area contributed by atoms with Crippen LogP contribution < -0.4 is 5.32 Å². The van der Waals surface area contributed by atoms with Gasteiger partial charge in [0.05, 0.1) is 11.7 Å². The predicted molar refractivity (Wildman–Crippen MR) is 110 cm³/mol. The summed E-state index contributed by atoms with van der Waals surface area (Å²) in [4.78, 5) is 24.0. The molecule has 1 N–H and O–H groups in total. The molecule has 1 amide bonds. The van der Waals surface area contributed by atoms with E-state index in [0.29, 0.717) is 12.0 Å². The van der Waals surface area contributed by atoms with Crippen LogP contribution in [-0.4, -0.2) is 49.7 Å². The van der Waals surface area contributed by atoms with Crippen LogP contribution >= 0.6 is 0 Å². The molecule has 0 aliphatic carbocycles. The SMILES string of the molecule is CC(C)N1CCC(C(=O)Nc2ncc3ccc(-c4cnn(C)c4)cc3n2)CC1. The van der Waals surface area contributed by atoms with Gasteiger partial charge >= 0.3 is 0 Å². The van der Waals surface area contributed by atoms with Crippen LogP contribution in [0.2, 0.25) is 0 Å². The zero-order valence-corrected chi connectivity index (χ0v) is 16.6. The molecule has 7 heteroatoms. The molecule has 146 valence electrons. The van der Waals surface area contributed by atoms with Crippen LogP contribution in [0.15, 0.2) is 36.8 Å². The average molecular weight is 378 g/mol. The van der Waals surface area contributed by atoms with Crippen LogP contribution in [0.4, 0.5) is 5.95 Å². The minimum absolute atomic E-state index is 0.0196. The van der Waals surface area contributed by atoms with E-state index in [9.17, 15) is 4.79 Å². The molecule has 0 radical (unpaired) electrons. The Morgan fingerprint density at radius 1 is 1.18 bits per heavy atom. The predicted octanol–water partition coefficient (Wildman–Crippen LogP) is 3.09. The number of amides is 1. The van der Waals surface area contributed by atoms with Crippen molar-refractivity contribution in [2.75, 3.05) is 18.4 Å². The zero-order valence-electron chi connectivity index (χ0n) is 16.6. The van der Waals surface area contributed by atoms with Crippen molar-refractivity contribution < 1.29 is 4.79 Å². The molecule has 1 aliphatic rings. The fraction of sp³-hybridized carbons (Fsp3) is 0.429. The van der Waals surface area contributed by atoms with Crippen molar-refractivity contribution in [3.63, 3.8) is 0 Å². The van der Waals surface area contributed by atoms with Crippen molar-refractivity contribution in [1.82, 2.24) is 24.6 Å². The van der Waals surface area contributed by atoms with Crippen molar-refractivity contribution in [2.24, 2.45) is 13.0 Å². The van der Waals surface area contributed by atoms with Crippen molar-refractivity contribution in [3.8, 4) is 11.1 Å². The lowest BCUT2D eigenvalue weighted by molar-refractivity contribution is -0.121. The van der Waals surface area contributed by atoms with Crippen molar-refractivity contribution in [3.05, 3.63) is 36.8 Å². The normalized spacial score (nSPS) is 16.0. The highest BCUT2D eigenvalue weighted by Gasteiger charge is 2.26. The molecule has 0 spiro atoms. The van der Waals surface area contributed by atoms with E-state index in [1.54, 1.807) is 10.9 Å². The second-order valence-corrected chi connectivity index (χ2v) is 7.76. The van der Waals surface area contributed by atoms with E-state index in [1.165, 1.54) is 0 Å². The highest BCUT2D eigenvalue weighted by molar-refractivity contribution is 5.92. The summed E-state index contributed by atoms with van der Waals surface area (Å²) in [5.41, 5.74) is 2.88. The Bertz CT molecular complexity index is 987. The Morgan fingerprint density at radius 2 is 1.96 bits per heavy atom. The summed E-state index contributed by atoms with van der Waals surface area (Å²) in [5, 5.41) is 8.08. The molecule has 3 heterocycles. The maximum absolute atomic E-state index is 12.7. The number of benzene rings is 1. The highest BCUT2D eigenvalue weighted by atomic mass is 16.2. The molecule has 1 saturated heterocycles. The van der Waals surface area contributed by atoms with Crippen LogP contribution in [-0.2, 0) is 11.8 Å². The van der Waals surface area contributed by atoms with E-state index in [2.05, 4.69) is 39.1 Å². The number of fused-ring (bicyclic) bond motifs is 1. The molecule has 2 aromatic heterocycles. The van der Waals surface area contributed by atoms with Crippen molar-refractivity contribution in [1.29, 1.82) is 0 Å². The van der Waals surface area contributed by atoms with Gasteiger partial charge in [-0.3, -0.25) is 14.8 Å². The number of carbonyl (C=O) groups excluding carboxylic acids is 1. The Morgan fingerprint density at radius 3 is 2.64 bits per heavy atom. The Labute approximate surface area is 164 Å². The lowest BCUT2D eigenvalue weighted by Gasteiger charge is -2.33. The van der Waals surface area contributed by atoms with Gasteiger partial charge < -0.3 is 4.90 Å². The van der Waals surface area contributed by atoms with Gasteiger partial charge in [0.1, 0.15) is 0 Å². The van der Waals surface area contributed by atoms with Crippen molar-refractivity contribution >= 4 is 22.8 Å². The molecule has 0 bridgehead atoms. The van der Waals surface area contributed by atoms with Gasteiger partial charge in [-0.15, -0.1) is 0 Å². The molecule has 4 rings (SSSR count). The largest absolute Gasteiger partial charge is 0.301 e. The van der Waals surface area contributed by atoms with Crippen LogP contribution in [0.1, 0.15) is 26.7 Å². The van der Waals surface area contributed by atoms with E-state index >= 15 is 0 Å². The van der Waals surface area contributed by atoms with Crippen LogP contribution in [0.3, 0.4) is 0 Å². The monoisotopic (exact) mass is 378 g/mol. The number of rotatable bonds is 4. The Hall–Kier alpha value is -2.80. The first-order valence-corrected chi connectivity index (χ1v) is 9.80. The standard InChI is InChI=1S/C21H26N6O/c1-14(2)27-8-6-15(7-9-27)20(28)25-21-22-11-17-5-4-16(10-19(17)24-21)18-12-23-26(3)13-18/h4-5,10-15H,6-9H2,1-3H3,(H,22,24,25,28). The second-order valence-electron chi connectivity index (χ2n) is 7.76. The molecule has 28 heavy (non-hydrogen) atoms. The Kier molecular flexibility index (Phi) is 5.09. The third-order valence-electron chi connectivity index (χ3n) is 5.49. The number of aryl methyl sites for hydroxylation is 1. The number of nitrogens with zero attached hydrogens (tertiary/aromatic N) is 5. The summed E-state index contributed by atoms with van der Waals surface area (Å²) in [6, 6.07) is 6.56. The summed E-state index contributed by atoms with van der Waals surface area (Å²) in [7, 11) is 1.89. The maximum Gasteiger partial charge on any atom is 0.229 e. The number of anilines is 1. The zero-order chi connectivity index (χ0) is 19.7. The number of hydrogen-bond donors (Lipinski definition) is 1. The molecule has 0 unspecified atom stereocenters. The van der Waals surface area contributed by atoms with Gasteiger partial charge in [-0.25, -0.2) is 9.97 Å². The van der Waals surface area contributed by atoms with E-state index in [0.717, 1.165) is 48.0 Å². The lowest BCUT2D eigenvalue weighted by Crippen LogP contribution is -2.41. The number of aromatic nitrogens is 4. The van der Waals surface area contributed by atoms with Gasteiger partial charge in [-0.05, 0) is 51.4 Å². The smallest absolute Gasteiger partial charge is 0.229 e. The molecular formula is C21H26N6O. The summed E-state index contributed by atoms with van der Waals surface area (Å²) in [5.74, 6) is 0.411. The fourth-order valence-electron chi connectivity index (χ4n) is 3.72. The first-order valence-electron chi connectivity index (χ1n) is 9.80. The second kappa shape index (κ2) is 7.67. The summed E-state index contributed by atoms with van der Waals surface area (Å²) < 4.78 is 1.77. The van der Waals surface area contributed by atoms with Crippen LogP contribution in [0, 0.1) is 5.92 Å². The summed E-state index contributed by atoms with van der Waals surface area (Å²) >= 11 is 0. The molecule has 7 nitrogen and oxygen atoms in total. The minimum atomic E-state index is 0.0196. The quantitative estimate of drug-likeness (QED) is 0.755. The lowest BCUT2D eigenvalue weighted by atomic mass is 9.95. The first-order chi connectivity index (χ1) is 13.5.